The number of nitrogens with zero attached hydrogens (tertiary/aromatic N) is 4. The van der Waals surface area contributed by atoms with Crippen molar-refractivity contribution in [1.29, 1.82) is 0 Å². The predicted octanol–water partition coefficient (Wildman–Crippen LogP) is 1.99. The molecule has 3 rings (SSSR count). The fraction of sp³-hybridized carbons (Fsp3) is 0.556. The van der Waals surface area contributed by atoms with Gasteiger partial charge < -0.3 is 14.2 Å². The van der Waals surface area contributed by atoms with Crippen molar-refractivity contribution in [2.75, 3.05) is 26.8 Å². The van der Waals surface area contributed by atoms with Gasteiger partial charge in [0.1, 0.15) is 0 Å². The summed E-state index contributed by atoms with van der Waals surface area (Å²) in [6.45, 7) is 2.02. The quantitative estimate of drug-likeness (QED) is 0.764. The first-order chi connectivity index (χ1) is 12.3. The highest BCUT2D eigenvalue weighted by atomic mass is 16.5. The molecule has 1 aliphatic heterocycles. The summed E-state index contributed by atoms with van der Waals surface area (Å²) in [5.41, 5.74) is 1.09. The van der Waals surface area contributed by atoms with Gasteiger partial charge in [0.05, 0.1) is 12.5 Å². The summed E-state index contributed by atoms with van der Waals surface area (Å²) < 4.78 is 10.4. The molecule has 1 atom stereocenters. The van der Waals surface area contributed by atoms with Crippen LogP contribution in [0.2, 0.25) is 0 Å². The van der Waals surface area contributed by atoms with Gasteiger partial charge >= 0.3 is 0 Å². The smallest absolute Gasteiger partial charge is 0.231 e. The number of ether oxygens (including phenoxy) is 1. The topological polar surface area (TPSA) is 81.4 Å². The van der Waals surface area contributed by atoms with Crippen LogP contribution < -0.4 is 0 Å². The molecule has 0 spiro atoms. The number of carbonyl (C=O) groups excluding carboxylic acids is 1. The van der Waals surface area contributed by atoms with E-state index in [0.29, 0.717) is 37.7 Å². The molecule has 0 radical (unpaired) electrons. The third kappa shape index (κ3) is 4.85. The lowest BCUT2D eigenvalue weighted by molar-refractivity contribution is -0.132. The van der Waals surface area contributed by atoms with Crippen LogP contribution in [0.3, 0.4) is 0 Å². The molecule has 0 N–H and O–H groups in total. The minimum atomic E-state index is 0.125. The monoisotopic (exact) mass is 344 g/mol. The zero-order valence-electron chi connectivity index (χ0n) is 14.6. The van der Waals surface area contributed by atoms with Crippen LogP contribution in [0, 0.1) is 0 Å². The van der Waals surface area contributed by atoms with Gasteiger partial charge in [-0.2, -0.15) is 4.98 Å². The summed E-state index contributed by atoms with van der Waals surface area (Å²) in [7, 11) is 1.65. The van der Waals surface area contributed by atoms with E-state index >= 15 is 0 Å². The first-order valence-corrected chi connectivity index (χ1v) is 8.74. The van der Waals surface area contributed by atoms with Crippen LogP contribution in [0.1, 0.15) is 42.5 Å². The van der Waals surface area contributed by atoms with Crippen molar-refractivity contribution in [2.45, 2.75) is 38.0 Å². The van der Waals surface area contributed by atoms with E-state index in [0.717, 1.165) is 31.4 Å². The Hall–Kier alpha value is -2.28. The number of methoxy groups -OCH3 is 1. The maximum absolute atomic E-state index is 12.5. The predicted molar refractivity (Wildman–Crippen MR) is 91.0 cm³/mol. The molecule has 0 unspecified atom stereocenters. The van der Waals surface area contributed by atoms with Crippen LogP contribution in [0.15, 0.2) is 29.0 Å². The fourth-order valence-corrected chi connectivity index (χ4v) is 3.09. The lowest BCUT2D eigenvalue weighted by Crippen LogP contribution is -2.39. The molecule has 1 saturated heterocycles. The van der Waals surface area contributed by atoms with E-state index in [2.05, 4.69) is 15.1 Å². The Morgan fingerprint density at radius 2 is 2.36 bits per heavy atom. The Morgan fingerprint density at radius 1 is 1.44 bits per heavy atom. The number of hydrogen-bond donors (Lipinski definition) is 0. The van der Waals surface area contributed by atoms with Crippen LogP contribution in [0.25, 0.3) is 0 Å². The second-order valence-electron chi connectivity index (χ2n) is 6.33. The molecule has 7 heteroatoms. The van der Waals surface area contributed by atoms with Gasteiger partial charge in [0.25, 0.3) is 0 Å². The van der Waals surface area contributed by atoms with Crippen LogP contribution >= 0.6 is 0 Å². The van der Waals surface area contributed by atoms with Crippen molar-refractivity contribution in [3.05, 3.63) is 41.8 Å². The van der Waals surface area contributed by atoms with Crippen molar-refractivity contribution >= 4 is 5.91 Å². The lowest BCUT2D eigenvalue weighted by Gasteiger charge is -2.31. The van der Waals surface area contributed by atoms with Crippen molar-refractivity contribution in [1.82, 2.24) is 20.0 Å². The van der Waals surface area contributed by atoms with E-state index in [1.54, 1.807) is 13.3 Å². The molecule has 3 heterocycles. The van der Waals surface area contributed by atoms with E-state index in [1.165, 1.54) is 0 Å². The Morgan fingerprint density at radius 3 is 3.16 bits per heavy atom. The molecule has 1 fully saturated rings. The Labute approximate surface area is 147 Å². The van der Waals surface area contributed by atoms with Gasteiger partial charge in [0, 0.05) is 45.4 Å². The van der Waals surface area contributed by atoms with Gasteiger partial charge in [0.15, 0.2) is 5.82 Å². The fourth-order valence-electron chi connectivity index (χ4n) is 3.09. The maximum Gasteiger partial charge on any atom is 0.231 e. The number of likely N-dealkylation sites (tertiary alicyclic amines) is 1. The van der Waals surface area contributed by atoms with Crippen LogP contribution in [-0.4, -0.2) is 52.7 Å². The van der Waals surface area contributed by atoms with Gasteiger partial charge in [-0.25, -0.2) is 0 Å². The zero-order valence-corrected chi connectivity index (χ0v) is 14.6. The van der Waals surface area contributed by atoms with Gasteiger partial charge in [-0.3, -0.25) is 9.78 Å². The molecule has 2 aromatic rings. The van der Waals surface area contributed by atoms with E-state index in [4.69, 9.17) is 9.26 Å². The van der Waals surface area contributed by atoms with Gasteiger partial charge in [-0.15, -0.1) is 0 Å². The Kier molecular flexibility index (Phi) is 6.11. The van der Waals surface area contributed by atoms with Gasteiger partial charge in [0.2, 0.25) is 11.8 Å². The average molecular weight is 344 g/mol. The minimum Gasteiger partial charge on any atom is -0.384 e. The second-order valence-corrected chi connectivity index (χ2v) is 6.33. The highest BCUT2D eigenvalue weighted by molar-refractivity contribution is 5.76. The third-order valence-electron chi connectivity index (χ3n) is 4.49. The normalized spacial score (nSPS) is 17.6. The molecule has 0 aromatic carbocycles. The molecule has 0 bridgehead atoms. The van der Waals surface area contributed by atoms with E-state index in [1.807, 2.05) is 23.2 Å². The Balaban J connectivity index is 1.53. The largest absolute Gasteiger partial charge is 0.384 e. The van der Waals surface area contributed by atoms with E-state index in [-0.39, 0.29) is 11.8 Å². The summed E-state index contributed by atoms with van der Waals surface area (Å²) in [5, 5.41) is 4.00. The SMILES string of the molecule is COCCc1noc([C@@H]2CCCN(C(=O)CCc3cccnc3)C2)n1. The third-order valence-corrected chi connectivity index (χ3v) is 4.49. The molecule has 0 aliphatic carbocycles. The summed E-state index contributed by atoms with van der Waals surface area (Å²) >= 11 is 0. The molecular formula is C18H24N4O3. The standard InChI is InChI=1S/C18H24N4O3/c1-24-11-8-16-20-18(25-21-16)15-5-3-10-22(13-15)17(23)7-6-14-4-2-9-19-12-14/h2,4,9,12,15H,3,5-8,10-11,13H2,1H3/t15-/m1/s1. The molecule has 134 valence electrons. The van der Waals surface area contributed by atoms with Crippen molar-refractivity contribution in [3.63, 3.8) is 0 Å². The first-order valence-electron chi connectivity index (χ1n) is 8.74. The highest BCUT2D eigenvalue weighted by Crippen LogP contribution is 2.26. The lowest BCUT2D eigenvalue weighted by atomic mass is 9.97. The summed E-state index contributed by atoms with van der Waals surface area (Å²) in [6.07, 6.45) is 7.34. The number of aromatic nitrogens is 3. The number of aryl methyl sites for hydroxylation is 1. The van der Waals surface area contributed by atoms with Crippen LogP contribution in [-0.2, 0) is 22.4 Å². The zero-order chi connectivity index (χ0) is 17.5. The number of amides is 1. The molecule has 1 aliphatic rings. The minimum absolute atomic E-state index is 0.125. The number of piperidine rings is 1. The number of carbonyl (C=O) groups is 1. The van der Waals surface area contributed by atoms with Crippen molar-refractivity contribution < 1.29 is 14.1 Å². The summed E-state index contributed by atoms with van der Waals surface area (Å²) in [5.74, 6) is 1.60. The average Bonchev–Trinajstić information content (AvgIpc) is 3.14. The molecule has 25 heavy (non-hydrogen) atoms. The first kappa shape index (κ1) is 17.5. The summed E-state index contributed by atoms with van der Waals surface area (Å²) in [6, 6.07) is 3.90. The van der Waals surface area contributed by atoms with E-state index in [9.17, 15) is 4.79 Å². The molecule has 7 nitrogen and oxygen atoms in total. The number of rotatable bonds is 7. The molecule has 0 saturated carbocycles. The summed E-state index contributed by atoms with van der Waals surface area (Å²) in [4.78, 5) is 23.0. The maximum atomic E-state index is 12.5. The number of pyridine rings is 1. The van der Waals surface area contributed by atoms with Crippen LogP contribution in [0.5, 0.6) is 0 Å². The van der Waals surface area contributed by atoms with Crippen molar-refractivity contribution in [3.8, 4) is 0 Å². The van der Waals surface area contributed by atoms with Crippen molar-refractivity contribution in [2.24, 2.45) is 0 Å². The molecule has 1 amide bonds. The molecular weight excluding hydrogens is 320 g/mol. The van der Waals surface area contributed by atoms with Gasteiger partial charge in [-0.05, 0) is 30.9 Å². The van der Waals surface area contributed by atoms with Gasteiger partial charge in [-0.1, -0.05) is 11.2 Å². The van der Waals surface area contributed by atoms with Crippen LogP contribution in [0.4, 0.5) is 0 Å². The Bertz CT molecular complexity index is 674. The number of hydrogen-bond acceptors (Lipinski definition) is 6. The molecule has 2 aromatic heterocycles. The second kappa shape index (κ2) is 8.71. The van der Waals surface area contributed by atoms with E-state index < -0.39 is 0 Å². The highest BCUT2D eigenvalue weighted by Gasteiger charge is 2.28.